The highest BCUT2D eigenvalue weighted by Gasteiger charge is 2.22. The zero-order chi connectivity index (χ0) is 29.2. The van der Waals surface area contributed by atoms with Crippen LogP contribution in [0.3, 0.4) is 0 Å². The fourth-order valence-electron chi connectivity index (χ4n) is 3.47. The van der Waals surface area contributed by atoms with E-state index in [1.54, 1.807) is 6.92 Å². The molecule has 0 aliphatic heterocycles. The first kappa shape index (κ1) is 33.0. The molecule has 216 valence electrons. The first-order valence-corrected chi connectivity index (χ1v) is 12.9. The number of allylic oxidation sites excluding steroid dienone is 1. The number of nitrogens with one attached hydrogen (secondary N) is 3. The number of hydrogen-bond donors (Lipinski definition) is 4. The minimum absolute atomic E-state index is 0.0660. The third-order valence-corrected chi connectivity index (χ3v) is 5.62. The van der Waals surface area contributed by atoms with Crippen LogP contribution in [0, 0.1) is 0 Å². The molecule has 13 nitrogen and oxygen atoms in total. The fourth-order valence-corrected chi connectivity index (χ4v) is 3.47. The zero-order valence-corrected chi connectivity index (χ0v) is 22.7. The van der Waals surface area contributed by atoms with Crippen molar-refractivity contribution in [3.05, 3.63) is 40.8 Å². The topological polar surface area (TPSA) is 176 Å². The van der Waals surface area contributed by atoms with Crippen molar-refractivity contribution in [2.24, 2.45) is 0 Å². The number of esters is 1. The Labute approximate surface area is 227 Å². The maximum Gasteiger partial charge on any atom is 0.330 e. The van der Waals surface area contributed by atoms with E-state index in [-0.39, 0.29) is 44.0 Å². The lowest BCUT2D eigenvalue weighted by Gasteiger charge is -2.19. The number of aliphatic carboxylic acids is 1. The van der Waals surface area contributed by atoms with Gasteiger partial charge < -0.3 is 35.3 Å². The Bertz CT molecular complexity index is 1060. The van der Waals surface area contributed by atoms with Crippen molar-refractivity contribution in [2.45, 2.75) is 59.0 Å². The lowest BCUT2D eigenvalue weighted by Crippen LogP contribution is -2.44. The average Bonchev–Trinajstić information content (AvgIpc) is 2.89. The predicted molar refractivity (Wildman–Crippen MR) is 144 cm³/mol. The molecule has 4 N–H and O–H groups in total. The number of carbonyl (C=O) groups excluding carboxylic acids is 4. The van der Waals surface area contributed by atoms with E-state index in [1.165, 1.54) is 30.5 Å². The van der Waals surface area contributed by atoms with Crippen molar-refractivity contribution in [3.8, 4) is 0 Å². The van der Waals surface area contributed by atoms with E-state index >= 15 is 0 Å². The number of likely N-dealkylation sites (N-methyl/N-ethyl adjacent to an activating group) is 1. The molecule has 1 aromatic heterocycles. The molecule has 0 spiro atoms. The summed E-state index contributed by atoms with van der Waals surface area (Å²) in [6, 6.07) is 1.76. The molecule has 0 saturated heterocycles. The number of hydrogen-bond acceptors (Lipinski definition) is 8. The third kappa shape index (κ3) is 13.4. The van der Waals surface area contributed by atoms with Crippen LogP contribution in [0.4, 0.5) is 5.69 Å². The molecule has 1 aromatic rings. The van der Waals surface area contributed by atoms with Gasteiger partial charge in [-0.3, -0.25) is 24.0 Å². The van der Waals surface area contributed by atoms with Crippen LogP contribution in [0.25, 0.3) is 0 Å². The second kappa shape index (κ2) is 18.3. The molecule has 3 amide bonds. The minimum Gasteiger partial charge on any atom is -0.481 e. The van der Waals surface area contributed by atoms with Gasteiger partial charge in [-0.15, -0.1) is 0 Å². The predicted octanol–water partition coefficient (Wildman–Crippen LogP) is 0.494. The molecular weight excluding hydrogens is 510 g/mol. The van der Waals surface area contributed by atoms with Crippen molar-refractivity contribution >= 4 is 35.3 Å². The summed E-state index contributed by atoms with van der Waals surface area (Å²) in [6.45, 7) is 8.50. The van der Waals surface area contributed by atoms with Gasteiger partial charge in [-0.1, -0.05) is 19.9 Å². The summed E-state index contributed by atoms with van der Waals surface area (Å²) >= 11 is 0. The Balaban J connectivity index is 2.88. The second-order valence-corrected chi connectivity index (χ2v) is 8.47. The smallest absolute Gasteiger partial charge is 0.330 e. The van der Waals surface area contributed by atoms with Crippen LogP contribution >= 0.6 is 0 Å². The first-order chi connectivity index (χ1) is 18.6. The molecule has 1 rings (SSSR count). The summed E-state index contributed by atoms with van der Waals surface area (Å²) in [5.41, 5.74) is -0.701. The number of rotatable bonds is 18. The van der Waals surface area contributed by atoms with Crippen LogP contribution in [-0.2, 0) is 35.3 Å². The van der Waals surface area contributed by atoms with Crippen molar-refractivity contribution in [3.63, 3.8) is 0 Å². The van der Waals surface area contributed by atoms with Crippen LogP contribution in [-0.4, -0.2) is 83.1 Å². The summed E-state index contributed by atoms with van der Waals surface area (Å²) in [4.78, 5) is 74.8. The number of carboxylic acid groups (broad SMARTS) is 1. The Morgan fingerprint density at radius 1 is 1.10 bits per heavy atom. The minimum atomic E-state index is -1.16. The largest absolute Gasteiger partial charge is 0.481 e. The fraction of sp³-hybridized carbons (Fsp3) is 0.538. The Hall–Kier alpha value is -4.00. The molecule has 13 heteroatoms. The van der Waals surface area contributed by atoms with Crippen molar-refractivity contribution < 1.29 is 33.8 Å². The molecule has 0 bridgehead atoms. The number of carboxylic acids is 1. The monoisotopic (exact) mass is 549 g/mol. The highest BCUT2D eigenvalue weighted by Crippen LogP contribution is 2.06. The van der Waals surface area contributed by atoms with Crippen LogP contribution in [0.5, 0.6) is 0 Å². The molecule has 0 saturated carbocycles. The highest BCUT2D eigenvalue weighted by atomic mass is 16.5. The van der Waals surface area contributed by atoms with Crippen molar-refractivity contribution in [1.29, 1.82) is 0 Å². The summed E-state index contributed by atoms with van der Waals surface area (Å²) in [5, 5.41) is 16.5. The second-order valence-electron chi connectivity index (χ2n) is 8.47. The maximum absolute atomic E-state index is 13.0. The summed E-state index contributed by atoms with van der Waals surface area (Å²) < 4.78 is 5.95. The number of aromatic nitrogens is 1. The number of ether oxygens (including phenoxy) is 1. The average molecular weight is 550 g/mol. The van der Waals surface area contributed by atoms with Crippen molar-refractivity contribution in [2.75, 3.05) is 38.1 Å². The Kier molecular flexibility index (Phi) is 15.5. The Morgan fingerprint density at radius 3 is 2.46 bits per heavy atom. The third-order valence-electron chi connectivity index (χ3n) is 5.62. The molecule has 0 unspecified atom stereocenters. The lowest BCUT2D eigenvalue weighted by molar-refractivity contribution is -0.139. The zero-order valence-electron chi connectivity index (χ0n) is 22.7. The molecule has 1 heterocycles. The molecular formula is C26H39N5O8. The van der Waals surface area contributed by atoms with E-state index in [0.29, 0.717) is 13.1 Å². The number of carbonyl (C=O) groups is 5. The van der Waals surface area contributed by atoms with E-state index in [1.807, 2.05) is 13.8 Å². The van der Waals surface area contributed by atoms with Gasteiger partial charge in [0.05, 0.1) is 13.0 Å². The molecule has 0 aliphatic carbocycles. The number of amides is 3. The Morgan fingerprint density at radius 2 is 1.82 bits per heavy atom. The SMILES string of the molecule is CCOC(=O)C=CCC[C@H](NC(=O)CCC(=O)O)C(=O)Nc1cccn(CC(=O)NCCN(CC)CC)c1=O. The van der Waals surface area contributed by atoms with E-state index in [0.717, 1.165) is 17.7 Å². The summed E-state index contributed by atoms with van der Waals surface area (Å²) in [5.74, 6) is -3.43. The van der Waals surface area contributed by atoms with Gasteiger partial charge in [0.25, 0.3) is 5.56 Å². The van der Waals surface area contributed by atoms with E-state index in [2.05, 4.69) is 20.9 Å². The van der Waals surface area contributed by atoms with Crippen molar-refractivity contribution in [1.82, 2.24) is 20.1 Å². The van der Waals surface area contributed by atoms with Crippen LogP contribution in [0.15, 0.2) is 35.3 Å². The van der Waals surface area contributed by atoms with Gasteiger partial charge in [0.2, 0.25) is 17.7 Å². The normalized spacial score (nSPS) is 11.7. The number of nitrogens with zero attached hydrogens (tertiary/aromatic N) is 2. The van der Waals surface area contributed by atoms with Gasteiger partial charge in [0, 0.05) is 31.8 Å². The van der Waals surface area contributed by atoms with Crippen LogP contribution in [0.1, 0.15) is 46.5 Å². The van der Waals surface area contributed by atoms with Gasteiger partial charge in [0.15, 0.2) is 0 Å². The summed E-state index contributed by atoms with van der Waals surface area (Å²) in [6.07, 6.45) is 3.64. The molecule has 0 aromatic carbocycles. The number of pyridine rings is 1. The molecule has 39 heavy (non-hydrogen) atoms. The standard InChI is InChI=1S/C26H39N5O8/c1-4-30(5-2)17-15-27-22(33)18-31-16-9-11-20(26(31)38)29-25(37)19(28-21(32)13-14-23(34)35)10-7-8-12-24(36)39-6-3/h8-9,11-12,16,19H,4-7,10,13-15,17-18H2,1-3H3,(H,27,33)(H,28,32)(H,29,37)(H,34,35)/t19-/m0/s1. The lowest BCUT2D eigenvalue weighted by atomic mass is 10.1. The highest BCUT2D eigenvalue weighted by molar-refractivity contribution is 5.97. The van der Waals surface area contributed by atoms with E-state index < -0.39 is 41.8 Å². The van der Waals surface area contributed by atoms with Gasteiger partial charge in [-0.05, 0) is 45.0 Å². The van der Waals surface area contributed by atoms with Crippen LogP contribution < -0.4 is 21.5 Å². The first-order valence-electron chi connectivity index (χ1n) is 12.9. The summed E-state index contributed by atoms with van der Waals surface area (Å²) in [7, 11) is 0. The molecule has 0 aliphatic rings. The van der Waals surface area contributed by atoms with E-state index in [9.17, 15) is 28.8 Å². The molecule has 0 fully saturated rings. The molecule has 0 radical (unpaired) electrons. The van der Waals surface area contributed by atoms with E-state index in [4.69, 9.17) is 9.84 Å². The quantitative estimate of drug-likeness (QED) is 0.150. The van der Waals surface area contributed by atoms with Gasteiger partial charge in [-0.25, -0.2) is 4.79 Å². The van der Waals surface area contributed by atoms with Gasteiger partial charge >= 0.3 is 11.9 Å². The number of anilines is 1. The maximum atomic E-state index is 13.0. The van der Waals surface area contributed by atoms with Gasteiger partial charge in [-0.2, -0.15) is 0 Å². The van der Waals surface area contributed by atoms with Crippen LogP contribution in [0.2, 0.25) is 0 Å². The molecule has 1 atom stereocenters. The van der Waals surface area contributed by atoms with Gasteiger partial charge in [0.1, 0.15) is 18.3 Å².